The summed E-state index contributed by atoms with van der Waals surface area (Å²) in [5.41, 5.74) is 4.86. The highest BCUT2D eigenvalue weighted by Crippen LogP contribution is 2.50. The number of hydrogen-bond donors (Lipinski definition) is 3. The summed E-state index contributed by atoms with van der Waals surface area (Å²) in [4.78, 5) is 66.9. The predicted octanol–water partition coefficient (Wildman–Crippen LogP) is 1.37. The minimum atomic E-state index is -2.63. The molecule has 2 saturated carbocycles. The molecule has 3 unspecified atom stereocenters. The van der Waals surface area contributed by atoms with Gasteiger partial charge in [-0.2, -0.15) is 0 Å². The van der Waals surface area contributed by atoms with Gasteiger partial charge in [0.15, 0.2) is 34.7 Å². The molecule has 1 aromatic rings. The molecule has 6 atom stereocenters. The summed E-state index contributed by atoms with van der Waals surface area (Å²) in [5, 5.41) is 22.6. The van der Waals surface area contributed by atoms with E-state index < -0.39 is 58.3 Å². The van der Waals surface area contributed by atoms with Gasteiger partial charge in [0.25, 0.3) is 0 Å². The molecule has 1 amide bonds. The van der Waals surface area contributed by atoms with Crippen LogP contribution in [0.4, 0.5) is 0 Å². The van der Waals surface area contributed by atoms with Gasteiger partial charge in [0.1, 0.15) is 5.75 Å². The Morgan fingerprint density at radius 1 is 1.16 bits per heavy atom. The van der Waals surface area contributed by atoms with Gasteiger partial charge in [0, 0.05) is 31.0 Å². The van der Waals surface area contributed by atoms with Crippen molar-refractivity contribution in [1.29, 1.82) is 0 Å². The van der Waals surface area contributed by atoms with Gasteiger partial charge in [0.05, 0.1) is 11.5 Å². The molecule has 2 fully saturated rings. The SMILES string of the molecule is CCc1cc(CN(C)CC(C)CC)c(O)c2c1C[C@H]1C[C@H]3CC(=O)C(C(N)=O)C(=O)[C@@]3(O)C(=O)C1C2=O. The first-order valence-electron chi connectivity index (χ1n) is 13.1. The van der Waals surface area contributed by atoms with Crippen LogP contribution in [-0.4, -0.2) is 63.3 Å². The molecule has 1 aromatic carbocycles. The number of carbonyl (C=O) groups excluding carboxylic acids is 5. The number of carbonyl (C=O) groups is 5. The lowest BCUT2D eigenvalue weighted by atomic mass is 9.53. The van der Waals surface area contributed by atoms with Gasteiger partial charge in [0.2, 0.25) is 5.91 Å². The molecule has 9 nitrogen and oxygen atoms in total. The molecule has 0 saturated heterocycles. The number of phenolic OH excluding ortho intramolecular Hbond substituents is 1. The Kier molecular flexibility index (Phi) is 7.16. The van der Waals surface area contributed by atoms with Crippen LogP contribution in [-0.2, 0) is 38.6 Å². The number of aryl methyl sites for hydroxylation is 1. The van der Waals surface area contributed by atoms with Crippen LogP contribution < -0.4 is 5.73 Å². The number of fused-ring (bicyclic) bond motifs is 3. The van der Waals surface area contributed by atoms with Gasteiger partial charge in [-0.05, 0) is 49.3 Å². The van der Waals surface area contributed by atoms with Crippen molar-refractivity contribution in [3.05, 3.63) is 28.3 Å². The highest BCUT2D eigenvalue weighted by atomic mass is 16.3. The number of hydrogen-bond acceptors (Lipinski definition) is 8. The number of ketones is 4. The number of primary amides is 1. The third-order valence-electron chi connectivity index (χ3n) is 8.71. The van der Waals surface area contributed by atoms with Crippen molar-refractivity contribution in [2.45, 2.75) is 65.0 Å². The largest absolute Gasteiger partial charge is 0.507 e. The fourth-order valence-electron chi connectivity index (χ4n) is 6.63. The summed E-state index contributed by atoms with van der Waals surface area (Å²) in [6.45, 7) is 7.43. The number of nitrogens with two attached hydrogens (primary N) is 1. The van der Waals surface area contributed by atoms with E-state index in [0.29, 0.717) is 36.4 Å². The van der Waals surface area contributed by atoms with Crippen molar-refractivity contribution < 1.29 is 34.2 Å². The maximum absolute atomic E-state index is 13.8. The summed E-state index contributed by atoms with van der Waals surface area (Å²) in [7, 11) is 1.94. The Bertz CT molecular complexity index is 1190. The number of aliphatic hydroxyl groups is 1. The zero-order chi connectivity index (χ0) is 27.4. The Morgan fingerprint density at radius 3 is 2.43 bits per heavy atom. The molecule has 9 heteroatoms. The maximum atomic E-state index is 13.8. The molecule has 3 aliphatic rings. The normalized spacial score (nSPS) is 30.1. The lowest BCUT2D eigenvalue weighted by Gasteiger charge is -2.48. The third-order valence-corrected chi connectivity index (χ3v) is 8.71. The van der Waals surface area contributed by atoms with Gasteiger partial charge in [-0.1, -0.05) is 33.3 Å². The monoisotopic (exact) mass is 512 g/mol. The number of phenols is 1. The molecule has 0 aromatic heterocycles. The molecule has 200 valence electrons. The summed E-state index contributed by atoms with van der Waals surface area (Å²) < 4.78 is 0. The first-order chi connectivity index (χ1) is 17.4. The second-order valence-corrected chi connectivity index (χ2v) is 11.2. The highest BCUT2D eigenvalue weighted by molar-refractivity contribution is 6.31. The molecular formula is C28H36N2O7. The van der Waals surface area contributed by atoms with Gasteiger partial charge >= 0.3 is 0 Å². The number of amides is 1. The Balaban J connectivity index is 1.75. The summed E-state index contributed by atoms with van der Waals surface area (Å²) in [6, 6.07) is 1.92. The topological polar surface area (TPSA) is 155 Å². The standard InChI is InChI=1S/C28H36N2O7/c1-5-13(3)11-30(4)12-16-7-14(6-2)18-9-15-8-17-10-19(31)22(27(29)36)26(35)28(17,37)25(34)20(15)24(33)21(18)23(16)32/h7,13,15,17,20,22,32,37H,5-6,8-12H2,1-4H3,(H2,29,36)/t13?,15-,17+,20?,22?,28+/m1/s1. The van der Waals surface area contributed by atoms with E-state index in [-0.39, 0.29) is 24.2 Å². The minimum Gasteiger partial charge on any atom is -0.507 e. The zero-order valence-corrected chi connectivity index (χ0v) is 21.9. The molecule has 0 heterocycles. The van der Waals surface area contributed by atoms with E-state index in [1.165, 1.54) is 0 Å². The Labute approximate surface area is 216 Å². The van der Waals surface area contributed by atoms with Crippen LogP contribution in [0.1, 0.15) is 67.1 Å². The fraction of sp³-hybridized carbons (Fsp3) is 0.607. The van der Waals surface area contributed by atoms with Crippen molar-refractivity contribution in [3.63, 3.8) is 0 Å². The van der Waals surface area contributed by atoms with Crippen molar-refractivity contribution in [3.8, 4) is 5.75 Å². The van der Waals surface area contributed by atoms with Gasteiger partial charge in [-0.25, -0.2) is 0 Å². The lowest BCUT2D eigenvalue weighted by Crippen LogP contribution is -2.68. The van der Waals surface area contributed by atoms with E-state index in [0.717, 1.165) is 18.5 Å². The molecule has 3 aliphatic carbocycles. The molecule has 0 radical (unpaired) electrons. The minimum absolute atomic E-state index is 0.0775. The van der Waals surface area contributed by atoms with Crippen LogP contribution in [0.15, 0.2) is 6.07 Å². The van der Waals surface area contributed by atoms with Crippen molar-refractivity contribution in [2.24, 2.45) is 35.3 Å². The van der Waals surface area contributed by atoms with Crippen LogP contribution in [0.5, 0.6) is 5.75 Å². The molecule has 0 spiro atoms. The average molecular weight is 513 g/mol. The molecule has 0 aliphatic heterocycles. The van der Waals surface area contributed by atoms with Crippen LogP contribution in [0.25, 0.3) is 0 Å². The molecule has 4 rings (SSSR count). The Morgan fingerprint density at radius 2 is 1.84 bits per heavy atom. The van der Waals surface area contributed by atoms with E-state index in [4.69, 9.17) is 5.73 Å². The van der Waals surface area contributed by atoms with E-state index in [9.17, 15) is 34.2 Å². The number of Topliss-reactive ketones (excluding diaryl/α,β-unsaturated/α-hetero) is 4. The number of nitrogens with zero attached hydrogens (tertiary/aromatic N) is 1. The first kappa shape index (κ1) is 27.1. The maximum Gasteiger partial charge on any atom is 0.235 e. The predicted molar refractivity (Wildman–Crippen MR) is 134 cm³/mol. The van der Waals surface area contributed by atoms with Crippen molar-refractivity contribution >= 4 is 29.0 Å². The highest BCUT2D eigenvalue weighted by Gasteiger charge is 2.66. The fourth-order valence-corrected chi connectivity index (χ4v) is 6.63. The molecule has 0 bridgehead atoms. The molecule has 37 heavy (non-hydrogen) atoms. The van der Waals surface area contributed by atoms with E-state index in [2.05, 4.69) is 18.7 Å². The second kappa shape index (κ2) is 9.76. The second-order valence-electron chi connectivity index (χ2n) is 11.2. The number of aromatic hydroxyl groups is 1. The van der Waals surface area contributed by atoms with Crippen molar-refractivity contribution in [1.82, 2.24) is 4.90 Å². The van der Waals surface area contributed by atoms with Crippen LogP contribution >= 0.6 is 0 Å². The van der Waals surface area contributed by atoms with Gasteiger partial charge in [-0.15, -0.1) is 0 Å². The van der Waals surface area contributed by atoms with E-state index in [1.807, 2.05) is 20.0 Å². The van der Waals surface area contributed by atoms with Gasteiger partial charge in [-0.3, -0.25) is 24.0 Å². The third kappa shape index (κ3) is 4.22. The van der Waals surface area contributed by atoms with Crippen LogP contribution in [0, 0.1) is 29.6 Å². The number of benzene rings is 1. The van der Waals surface area contributed by atoms with Gasteiger partial charge < -0.3 is 20.8 Å². The smallest absolute Gasteiger partial charge is 0.235 e. The van der Waals surface area contributed by atoms with Crippen LogP contribution in [0.2, 0.25) is 0 Å². The summed E-state index contributed by atoms with van der Waals surface area (Å²) >= 11 is 0. The number of rotatable bonds is 7. The first-order valence-corrected chi connectivity index (χ1v) is 13.1. The Hall–Kier alpha value is -2.91. The summed E-state index contributed by atoms with van der Waals surface area (Å²) in [5.74, 6) is -9.28. The lowest BCUT2D eigenvalue weighted by molar-refractivity contribution is -0.175. The van der Waals surface area contributed by atoms with E-state index >= 15 is 0 Å². The quantitative estimate of drug-likeness (QED) is 0.463. The van der Waals surface area contributed by atoms with Crippen LogP contribution in [0.3, 0.4) is 0 Å². The summed E-state index contributed by atoms with van der Waals surface area (Å²) in [6.07, 6.45) is 1.71. The zero-order valence-electron chi connectivity index (χ0n) is 21.9. The molecular weight excluding hydrogens is 476 g/mol. The van der Waals surface area contributed by atoms with Crippen molar-refractivity contribution in [2.75, 3.05) is 13.6 Å². The average Bonchev–Trinajstić information content (AvgIpc) is 2.82. The van der Waals surface area contributed by atoms with E-state index in [1.54, 1.807) is 0 Å². The molecule has 4 N–H and O–H groups in total.